The van der Waals surface area contributed by atoms with Gasteiger partial charge < -0.3 is 16.6 Å². The molecule has 0 aliphatic rings. The monoisotopic (exact) mass is 242 g/mol. The standard InChI is InChI=1S/C6H12Cl2N4O2/c7-12(8)4(5(13)14)2-1-3-11-6(9)10/h4H,1-3H2,(H,13,14)(H4,9,10,11). The highest BCUT2D eigenvalue weighted by Crippen LogP contribution is 2.13. The van der Waals surface area contributed by atoms with Crippen molar-refractivity contribution in [2.45, 2.75) is 18.9 Å². The first-order chi connectivity index (χ1) is 6.45. The number of hydrogen-bond acceptors (Lipinski definition) is 3. The van der Waals surface area contributed by atoms with Crippen molar-refractivity contribution in [3.8, 4) is 0 Å². The van der Waals surface area contributed by atoms with E-state index in [0.29, 0.717) is 16.9 Å². The number of guanidine groups is 1. The molecule has 0 saturated carbocycles. The number of carbonyl (C=O) groups is 1. The van der Waals surface area contributed by atoms with Crippen LogP contribution in [0.25, 0.3) is 0 Å². The van der Waals surface area contributed by atoms with E-state index in [1.807, 2.05) is 0 Å². The van der Waals surface area contributed by atoms with E-state index in [4.69, 9.17) is 40.1 Å². The maximum atomic E-state index is 10.6. The minimum absolute atomic E-state index is 0.0227. The summed E-state index contributed by atoms with van der Waals surface area (Å²) in [4.78, 5) is 14.3. The van der Waals surface area contributed by atoms with Crippen LogP contribution in [0.15, 0.2) is 4.99 Å². The average Bonchev–Trinajstić information content (AvgIpc) is 2.01. The predicted molar refractivity (Wildman–Crippen MR) is 54.9 cm³/mol. The van der Waals surface area contributed by atoms with Crippen molar-refractivity contribution in [2.24, 2.45) is 16.5 Å². The molecule has 0 aliphatic carbocycles. The number of hydrogen-bond donors (Lipinski definition) is 3. The van der Waals surface area contributed by atoms with Gasteiger partial charge in [-0.15, -0.1) is 3.94 Å². The summed E-state index contributed by atoms with van der Waals surface area (Å²) in [6.45, 7) is 0.355. The zero-order valence-corrected chi connectivity index (χ0v) is 8.87. The molecule has 0 radical (unpaired) electrons. The van der Waals surface area contributed by atoms with Crippen molar-refractivity contribution < 1.29 is 9.90 Å². The fourth-order valence-electron chi connectivity index (χ4n) is 0.797. The third kappa shape index (κ3) is 5.85. The number of nitrogens with two attached hydrogens (primary N) is 2. The molecular weight excluding hydrogens is 231 g/mol. The Morgan fingerprint density at radius 2 is 2.07 bits per heavy atom. The summed E-state index contributed by atoms with van der Waals surface area (Å²) in [6, 6.07) is -0.937. The van der Waals surface area contributed by atoms with Gasteiger partial charge in [0.1, 0.15) is 6.04 Å². The number of halogens is 2. The molecule has 0 saturated heterocycles. The zero-order chi connectivity index (χ0) is 11.1. The summed E-state index contributed by atoms with van der Waals surface area (Å²) >= 11 is 10.6. The Bertz CT molecular complexity index is 218. The summed E-state index contributed by atoms with van der Waals surface area (Å²) < 4.78 is 0.609. The molecule has 0 heterocycles. The lowest BCUT2D eigenvalue weighted by Gasteiger charge is -2.13. The van der Waals surface area contributed by atoms with Crippen LogP contribution in [-0.4, -0.2) is 33.6 Å². The van der Waals surface area contributed by atoms with E-state index in [2.05, 4.69) is 4.99 Å². The van der Waals surface area contributed by atoms with Gasteiger partial charge in [0.2, 0.25) is 0 Å². The molecule has 1 atom stereocenters. The molecule has 0 aromatic heterocycles. The Balaban J connectivity index is 3.84. The molecule has 0 bridgehead atoms. The Kier molecular flexibility index (Phi) is 6.35. The lowest BCUT2D eigenvalue weighted by molar-refractivity contribution is -0.140. The third-order valence-electron chi connectivity index (χ3n) is 1.45. The second-order valence-corrected chi connectivity index (χ2v) is 3.46. The number of rotatable bonds is 6. The highest BCUT2D eigenvalue weighted by molar-refractivity contribution is 6.34. The first kappa shape index (κ1) is 13.3. The van der Waals surface area contributed by atoms with Crippen molar-refractivity contribution in [3.05, 3.63) is 0 Å². The van der Waals surface area contributed by atoms with Gasteiger partial charge in [0.15, 0.2) is 5.96 Å². The zero-order valence-electron chi connectivity index (χ0n) is 7.36. The van der Waals surface area contributed by atoms with Crippen LogP contribution in [0.5, 0.6) is 0 Å². The largest absolute Gasteiger partial charge is 0.480 e. The Hall–Kier alpha value is -0.720. The fraction of sp³-hybridized carbons (Fsp3) is 0.667. The van der Waals surface area contributed by atoms with Crippen LogP contribution in [0.2, 0.25) is 0 Å². The van der Waals surface area contributed by atoms with Crippen LogP contribution >= 0.6 is 23.6 Å². The van der Waals surface area contributed by atoms with Gasteiger partial charge in [0.25, 0.3) is 0 Å². The van der Waals surface area contributed by atoms with E-state index in [1.54, 1.807) is 0 Å². The third-order valence-corrected chi connectivity index (χ3v) is 1.92. The highest BCUT2D eigenvalue weighted by Gasteiger charge is 2.22. The van der Waals surface area contributed by atoms with Crippen molar-refractivity contribution in [1.29, 1.82) is 0 Å². The lowest BCUT2D eigenvalue weighted by atomic mass is 10.2. The van der Waals surface area contributed by atoms with Crippen LogP contribution in [0.4, 0.5) is 0 Å². The molecule has 8 heteroatoms. The van der Waals surface area contributed by atoms with Gasteiger partial charge >= 0.3 is 5.97 Å². The van der Waals surface area contributed by atoms with Crippen LogP contribution in [0.1, 0.15) is 12.8 Å². The van der Waals surface area contributed by atoms with Crippen LogP contribution in [0.3, 0.4) is 0 Å². The van der Waals surface area contributed by atoms with E-state index < -0.39 is 12.0 Å². The van der Waals surface area contributed by atoms with Crippen LogP contribution < -0.4 is 11.5 Å². The van der Waals surface area contributed by atoms with Gasteiger partial charge in [0.05, 0.1) is 0 Å². The minimum Gasteiger partial charge on any atom is -0.480 e. The fourth-order valence-corrected chi connectivity index (χ4v) is 1.16. The maximum Gasteiger partial charge on any atom is 0.323 e. The second-order valence-electron chi connectivity index (χ2n) is 2.56. The van der Waals surface area contributed by atoms with Gasteiger partial charge in [-0.3, -0.25) is 9.79 Å². The molecule has 0 rings (SSSR count). The quantitative estimate of drug-likeness (QED) is 0.265. The summed E-state index contributed by atoms with van der Waals surface area (Å²) in [7, 11) is 0. The number of nitrogens with zero attached hydrogens (tertiary/aromatic N) is 2. The van der Waals surface area contributed by atoms with Crippen molar-refractivity contribution in [1.82, 2.24) is 3.94 Å². The molecule has 82 valence electrons. The molecular formula is C6H12Cl2N4O2. The smallest absolute Gasteiger partial charge is 0.323 e. The summed E-state index contributed by atoms with van der Waals surface area (Å²) in [5, 5.41) is 8.66. The minimum atomic E-state index is -1.08. The topological polar surface area (TPSA) is 105 Å². The van der Waals surface area contributed by atoms with E-state index in [0.717, 1.165) is 0 Å². The summed E-state index contributed by atoms with van der Waals surface area (Å²) in [5.74, 6) is -1.11. The Labute approximate surface area is 91.7 Å². The molecule has 14 heavy (non-hydrogen) atoms. The van der Waals surface area contributed by atoms with Crippen molar-refractivity contribution >= 4 is 35.5 Å². The molecule has 1 unspecified atom stereocenters. The van der Waals surface area contributed by atoms with Gasteiger partial charge in [0, 0.05) is 6.54 Å². The maximum absolute atomic E-state index is 10.6. The molecule has 6 nitrogen and oxygen atoms in total. The van der Waals surface area contributed by atoms with E-state index in [9.17, 15) is 4.79 Å². The van der Waals surface area contributed by atoms with Crippen LogP contribution in [-0.2, 0) is 4.79 Å². The SMILES string of the molecule is NC(N)=NCCCC(C(=O)O)N(Cl)Cl. The number of carboxylic acids is 1. The van der Waals surface area contributed by atoms with E-state index >= 15 is 0 Å². The van der Waals surface area contributed by atoms with Crippen molar-refractivity contribution in [2.75, 3.05) is 6.54 Å². The summed E-state index contributed by atoms with van der Waals surface area (Å²) in [6.07, 6.45) is 0.768. The first-order valence-electron chi connectivity index (χ1n) is 3.84. The molecule has 0 aliphatic heterocycles. The lowest BCUT2D eigenvalue weighted by Crippen LogP contribution is -2.29. The first-order valence-corrected chi connectivity index (χ1v) is 4.51. The van der Waals surface area contributed by atoms with Gasteiger partial charge in [-0.25, -0.2) is 0 Å². The Morgan fingerprint density at radius 1 is 1.50 bits per heavy atom. The normalized spacial score (nSPS) is 12.5. The molecule has 0 aromatic carbocycles. The summed E-state index contributed by atoms with van der Waals surface area (Å²) in [5.41, 5.74) is 10.2. The van der Waals surface area contributed by atoms with Gasteiger partial charge in [-0.1, -0.05) is 0 Å². The molecule has 0 fully saturated rings. The molecule has 0 spiro atoms. The van der Waals surface area contributed by atoms with E-state index in [1.165, 1.54) is 0 Å². The van der Waals surface area contributed by atoms with Crippen LogP contribution in [0, 0.1) is 0 Å². The van der Waals surface area contributed by atoms with E-state index in [-0.39, 0.29) is 12.4 Å². The second kappa shape index (κ2) is 6.69. The number of aliphatic carboxylic acids is 1. The van der Waals surface area contributed by atoms with Crippen molar-refractivity contribution in [3.63, 3.8) is 0 Å². The Morgan fingerprint density at radius 3 is 2.43 bits per heavy atom. The predicted octanol–water partition coefficient (Wildman–Crippen LogP) is 0.103. The van der Waals surface area contributed by atoms with Gasteiger partial charge in [-0.05, 0) is 36.4 Å². The highest BCUT2D eigenvalue weighted by atomic mass is 35.5. The molecule has 5 N–H and O–H groups in total. The molecule has 0 aromatic rings. The average molecular weight is 243 g/mol. The van der Waals surface area contributed by atoms with Gasteiger partial charge in [-0.2, -0.15) is 0 Å². The number of aliphatic imine (C=N–C) groups is 1. The molecule has 0 amide bonds. The number of carboxylic acid groups (broad SMARTS) is 1.